The van der Waals surface area contributed by atoms with E-state index in [1.807, 2.05) is 30.3 Å². The predicted octanol–water partition coefficient (Wildman–Crippen LogP) is 0.282. The first-order valence-corrected chi connectivity index (χ1v) is 5.63. The van der Waals surface area contributed by atoms with Crippen molar-refractivity contribution in [1.29, 1.82) is 0 Å². The SMILES string of the molecule is Cc1nc(NNC(=O)CO)nnc1-c1ccccc1. The summed E-state index contributed by atoms with van der Waals surface area (Å²) in [5.41, 5.74) is 6.99. The number of hydrazine groups is 1. The molecule has 2 rings (SSSR count). The van der Waals surface area contributed by atoms with E-state index in [1.165, 1.54) is 0 Å². The lowest BCUT2D eigenvalue weighted by Gasteiger charge is -2.07. The maximum atomic E-state index is 10.9. The van der Waals surface area contributed by atoms with Gasteiger partial charge in [0.15, 0.2) is 0 Å². The number of hydrogen-bond donors (Lipinski definition) is 3. The van der Waals surface area contributed by atoms with Crippen molar-refractivity contribution in [2.75, 3.05) is 12.0 Å². The fraction of sp³-hybridized carbons (Fsp3) is 0.167. The van der Waals surface area contributed by atoms with Crippen LogP contribution in [0.15, 0.2) is 30.3 Å². The number of amides is 1. The van der Waals surface area contributed by atoms with Gasteiger partial charge in [-0.15, -0.1) is 10.2 Å². The molecule has 7 heteroatoms. The van der Waals surface area contributed by atoms with Gasteiger partial charge in [0.2, 0.25) is 0 Å². The minimum atomic E-state index is -0.610. The van der Waals surface area contributed by atoms with Crippen molar-refractivity contribution in [3.05, 3.63) is 36.0 Å². The third kappa shape index (κ3) is 3.23. The second-order valence-corrected chi connectivity index (χ2v) is 3.77. The molecule has 0 bridgehead atoms. The maximum absolute atomic E-state index is 10.9. The van der Waals surface area contributed by atoms with Crippen molar-refractivity contribution >= 4 is 11.9 Å². The van der Waals surface area contributed by atoms with E-state index < -0.39 is 12.5 Å². The highest BCUT2D eigenvalue weighted by molar-refractivity contribution is 5.77. The first-order chi connectivity index (χ1) is 9.20. The van der Waals surface area contributed by atoms with Gasteiger partial charge in [-0.05, 0) is 6.92 Å². The molecule has 1 heterocycles. The Bertz CT molecular complexity index is 574. The fourth-order valence-corrected chi connectivity index (χ4v) is 1.48. The van der Waals surface area contributed by atoms with Gasteiger partial charge in [-0.1, -0.05) is 30.3 Å². The van der Waals surface area contributed by atoms with Crippen LogP contribution in [0.2, 0.25) is 0 Å². The van der Waals surface area contributed by atoms with E-state index in [2.05, 4.69) is 26.0 Å². The summed E-state index contributed by atoms with van der Waals surface area (Å²) in [6.07, 6.45) is 0. The highest BCUT2D eigenvalue weighted by Gasteiger charge is 2.07. The summed E-state index contributed by atoms with van der Waals surface area (Å²) in [4.78, 5) is 15.0. The molecule has 0 atom stereocenters. The molecule has 98 valence electrons. The van der Waals surface area contributed by atoms with Gasteiger partial charge < -0.3 is 5.11 Å². The van der Waals surface area contributed by atoms with E-state index in [1.54, 1.807) is 6.92 Å². The first-order valence-electron chi connectivity index (χ1n) is 5.63. The quantitative estimate of drug-likeness (QED) is 0.682. The van der Waals surface area contributed by atoms with Crippen LogP contribution in [0.1, 0.15) is 5.69 Å². The average molecular weight is 259 g/mol. The molecule has 7 nitrogen and oxygen atoms in total. The molecule has 0 saturated heterocycles. The highest BCUT2D eigenvalue weighted by atomic mass is 16.3. The largest absolute Gasteiger partial charge is 0.386 e. The van der Waals surface area contributed by atoms with Gasteiger partial charge in [0, 0.05) is 5.56 Å². The fourth-order valence-electron chi connectivity index (χ4n) is 1.48. The number of benzene rings is 1. The van der Waals surface area contributed by atoms with Crippen LogP contribution in [0.25, 0.3) is 11.3 Å². The van der Waals surface area contributed by atoms with E-state index >= 15 is 0 Å². The summed E-state index contributed by atoms with van der Waals surface area (Å²) in [6, 6.07) is 9.56. The number of anilines is 1. The standard InChI is InChI=1S/C12H13N5O2/c1-8-11(9-5-3-2-4-6-9)15-17-12(13-8)16-14-10(19)7-18/h2-6,18H,7H2,1H3,(H,14,19)(H,13,16,17). The third-order valence-corrected chi connectivity index (χ3v) is 2.37. The molecule has 1 amide bonds. The number of aliphatic hydroxyl groups is 1. The second-order valence-electron chi connectivity index (χ2n) is 3.77. The van der Waals surface area contributed by atoms with E-state index in [9.17, 15) is 4.79 Å². The minimum Gasteiger partial charge on any atom is -0.386 e. The molecule has 0 radical (unpaired) electrons. The molecule has 19 heavy (non-hydrogen) atoms. The Morgan fingerprint density at radius 2 is 2.00 bits per heavy atom. The Balaban J connectivity index is 2.16. The number of aryl methyl sites for hydroxylation is 1. The third-order valence-electron chi connectivity index (χ3n) is 2.37. The summed E-state index contributed by atoms with van der Waals surface area (Å²) in [7, 11) is 0. The van der Waals surface area contributed by atoms with E-state index in [0.29, 0.717) is 11.4 Å². The first kappa shape index (κ1) is 12.9. The highest BCUT2D eigenvalue weighted by Crippen LogP contribution is 2.18. The van der Waals surface area contributed by atoms with Crippen LogP contribution >= 0.6 is 0 Å². The summed E-state index contributed by atoms with van der Waals surface area (Å²) in [5, 5.41) is 16.5. The Kier molecular flexibility index (Phi) is 3.99. The number of carbonyl (C=O) groups excluding carboxylic acids is 1. The number of hydrogen-bond acceptors (Lipinski definition) is 6. The molecule has 2 aromatic rings. The van der Waals surface area contributed by atoms with Crippen molar-refractivity contribution in [1.82, 2.24) is 20.6 Å². The Morgan fingerprint density at radius 3 is 2.63 bits per heavy atom. The Morgan fingerprint density at radius 1 is 1.26 bits per heavy atom. The van der Waals surface area contributed by atoms with Crippen LogP contribution in [0.3, 0.4) is 0 Å². The number of aromatic nitrogens is 3. The van der Waals surface area contributed by atoms with E-state index in [0.717, 1.165) is 5.56 Å². The average Bonchev–Trinajstić information content (AvgIpc) is 2.45. The van der Waals surface area contributed by atoms with Crippen LogP contribution in [0.5, 0.6) is 0 Å². The number of carbonyl (C=O) groups is 1. The van der Waals surface area contributed by atoms with Gasteiger partial charge in [-0.2, -0.15) is 0 Å². The molecule has 0 spiro atoms. The van der Waals surface area contributed by atoms with Crippen molar-refractivity contribution in [2.24, 2.45) is 0 Å². The van der Waals surface area contributed by atoms with Crippen LogP contribution in [-0.4, -0.2) is 32.8 Å². The minimum absolute atomic E-state index is 0.166. The Labute approximate surface area is 109 Å². The van der Waals surface area contributed by atoms with Gasteiger partial charge in [0.05, 0.1) is 5.69 Å². The summed E-state index contributed by atoms with van der Waals surface area (Å²) in [5.74, 6) is -0.410. The van der Waals surface area contributed by atoms with Gasteiger partial charge >= 0.3 is 0 Å². The van der Waals surface area contributed by atoms with Crippen LogP contribution in [0.4, 0.5) is 5.95 Å². The zero-order valence-electron chi connectivity index (χ0n) is 10.3. The van der Waals surface area contributed by atoms with Crippen molar-refractivity contribution < 1.29 is 9.90 Å². The lowest BCUT2D eigenvalue weighted by molar-refractivity contribution is -0.123. The summed E-state index contributed by atoms with van der Waals surface area (Å²) >= 11 is 0. The lowest BCUT2D eigenvalue weighted by Crippen LogP contribution is -2.32. The number of rotatable bonds is 4. The topological polar surface area (TPSA) is 100 Å². The Hall–Kier alpha value is -2.54. The summed E-state index contributed by atoms with van der Waals surface area (Å²) in [6.45, 7) is 1.19. The van der Waals surface area contributed by atoms with Crippen LogP contribution < -0.4 is 10.9 Å². The van der Waals surface area contributed by atoms with Crippen molar-refractivity contribution in [3.63, 3.8) is 0 Å². The smallest absolute Gasteiger partial charge is 0.264 e. The monoisotopic (exact) mass is 259 g/mol. The molecule has 0 aliphatic carbocycles. The zero-order valence-corrected chi connectivity index (χ0v) is 10.3. The van der Waals surface area contributed by atoms with Gasteiger partial charge in [0.25, 0.3) is 11.9 Å². The molecule has 1 aromatic carbocycles. The molecule has 1 aromatic heterocycles. The van der Waals surface area contributed by atoms with Crippen molar-refractivity contribution in [3.8, 4) is 11.3 Å². The molecule has 0 aliphatic rings. The van der Waals surface area contributed by atoms with Gasteiger partial charge in [-0.3, -0.25) is 15.6 Å². The van der Waals surface area contributed by atoms with E-state index in [-0.39, 0.29) is 5.95 Å². The number of nitrogens with one attached hydrogen (secondary N) is 2. The second kappa shape index (κ2) is 5.87. The molecule has 0 fully saturated rings. The summed E-state index contributed by atoms with van der Waals surface area (Å²) < 4.78 is 0. The van der Waals surface area contributed by atoms with Crippen LogP contribution in [-0.2, 0) is 4.79 Å². The van der Waals surface area contributed by atoms with Gasteiger partial charge in [0.1, 0.15) is 12.3 Å². The predicted molar refractivity (Wildman–Crippen MR) is 68.9 cm³/mol. The molecule has 0 unspecified atom stereocenters. The van der Waals surface area contributed by atoms with E-state index in [4.69, 9.17) is 5.11 Å². The molecule has 0 saturated carbocycles. The van der Waals surface area contributed by atoms with Crippen molar-refractivity contribution in [2.45, 2.75) is 6.92 Å². The number of nitrogens with zero attached hydrogens (tertiary/aromatic N) is 3. The lowest BCUT2D eigenvalue weighted by atomic mass is 10.1. The normalized spacial score (nSPS) is 10.0. The van der Waals surface area contributed by atoms with Crippen LogP contribution in [0, 0.1) is 6.92 Å². The molecule has 0 aliphatic heterocycles. The molecule has 3 N–H and O–H groups in total. The molecular formula is C12H13N5O2. The van der Waals surface area contributed by atoms with Gasteiger partial charge in [-0.25, -0.2) is 4.98 Å². The zero-order chi connectivity index (χ0) is 13.7. The number of aliphatic hydroxyl groups excluding tert-OH is 1. The maximum Gasteiger partial charge on any atom is 0.264 e. The molecular weight excluding hydrogens is 246 g/mol.